The zero-order valence-electron chi connectivity index (χ0n) is 18.2. The maximum atomic E-state index is 12.4. The molecule has 2 aromatic carbocycles. The van der Waals surface area contributed by atoms with Crippen molar-refractivity contribution in [3.05, 3.63) is 66.7 Å². The van der Waals surface area contributed by atoms with Crippen LogP contribution in [0.5, 0.6) is 17.2 Å². The van der Waals surface area contributed by atoms with E-state index in [1.54, 1.807) is 30.0 Å². The lowest BCUT2D eigenvalue weighted by atomic mass is 10.1. The number of anilines is 1. The fraction of sp³-hybridized carbons (Fsp3) is 0.208. The Morgan fingerprint density at radius 1 is 1.27 bits per heavy atom. The number of para-hydroxylation sites is 1. The minimum Gasteiger partial charge on any atom is -0.493 e. The molecule has 9 nitrogen and oxygen atoms in total. The first-order valence-electron chi connectivity index (χ1n) is 10.5. The van der Waals surface area contributed by atoms with E-state index in [1.165, 1.54) is 6.08 Å². The van der Waals surface area contributed by atoms with Crippen LogP contribution < -0.4 is 25.8 Å². The zero-order chi connectivity index (χ0) is 23.4. The number of fused-ring (bicyclic) bond motifs is 1. The highest BCUT2D eigenvalue weighted by Crippen LogP contribution is 2.39. The smallest absolute Gasteiger partial charge is 0.254 e. The molecular weight excluding hydrogens is 422 g/mol. The topological polar surface area (TPSA) is 120 Å². The van der Waals surface area contributed by atoms with Crippen LogP contribution in [0.15, 0.2) is 61.2 Å². The summed E-state index contributed by atoms with van der Waals surface area (Å²) in [5.74, 6) is 1.35. The molecule has 0 bridgehead atoms. The Hall–Kier alpha value is -4.27. The number of nitrogens with one attached hydrogen (secondary N) is 2. The van der Waals surface area contributed by atoms with Gasteiger partial charge in [0.2, 0.25) is 5.91 Å². The monoisotopic (exact) mass is 447 g/mol. The number of benzene rings is 2. The molecule has 33 heavy (non-hydrogen) atoms. The van der Waals surface area contributed by atoms with Crippen molar-refractivity contribution in [3.63, 3.8) is 0 Å². The fourth-order valence-corrected chi connectivity index (χ4v) is 3.78. The molecule has 0 aliphatic carbocycles. The second kappa shape index (κ2) is 9.47. The highest BCUT2D eigenvalue weighted by molar-refractivity contribution is 6.04. The van der Waals surface area contributed by atoms with E-state index in [-0.39, 0.29) is 17.5 Å². The summed E-state index contributed by atoms with van der Waals surface area (Å²) in [7, 11) is 1.55. The first kappa shape index (κ1) is 21.9. The molecule has 0 saturated carbocycles. The lowest BCUT2D eigenvalue weighted by Gasteiger charge is -2.26. The van der Waals surface area contributed by atoms with E-state index in [9.17, 15) is 9.59 Å². The van der Waals surface area contributed by atoms with E-state index in [1.807, 2.05) is 30.3 Å². The van der Waals surface area contributed by atoms with Crippen molar-refractivity contribution in [3.8, 4) is 28.5 Å². The third kappa shape index (κ3) is 4.52. The number of hydrogen-bond donors (Lipinski definition) is 3. The number of aromatic nitrogens is 2. The van der Waals surface area contributed by atoms with Gasteiger partial charge in [-0.1, -0.05) is 24.8 Å². The number of hydrogen-bond acceptors (Lipinski definition) is 6. The summed E-state index contributed by atoms with van der Waals surface area (Å²) >= 11 is 0. The van der Waals surface area contributed by atoms with Crippen LogP contribution in [0.1, 0.15) is 22.8 Å². The Morgan fingerprint density at radius 2 is 2.06 bits per heavy atom. The summed E-state index contributed by atoms with van der Waals surface area (Å²) < 4.78 is 13.2. The summed E-state index contributed by atoms with van der Waals surface area (Å²) in [6.45, 7) is 4.44. The van der Waals surface area contributed by atoms with Gasteiger partial charge in [0.25, 0.3) is 5.91 Å². The highest BCUT2D eigenvalue weighted by Gasteiger charge is 2.30. The van der Waals surface area contributed by atoms with Gasteiger partial charge in [0.1, 0.15) is 22.8 Å². The molecule has 9 heteroatoms. The molecule has 4 N–H and O–H groups in total. The van der Waals surface area contributed by atoms with Crippen molar-refractivity contribution >= 4 is 17.6 Å². The van der Waals surface area contributed by atoms with Gasteiger partial charge >= 0.3 is 0 Å². The second-order valence-electron chi connectivity index (χ2n) is 7.48. The Labute approximate surface area is 191 Å². The van der Waals surface area contributed by atoms with Crippen LogP contribution in [-0.4, -0.2) is 41.8 Å². The predicted molar refractivity (Wildman–Crippen MR) is 125 cm³/mol. The van der Waals surface area contributed by atoms with Crippen molar-refractivity contribution < 1.29 is 19.1 Å². The Morgan fingerprint density at radius 3 is 2.76 bits per heavy atom. The van der Waals surface area contributed by atoms with Crippen LogP contribution in [0.2, 0.25) is 0 Å². The van der Waals surface area contributed by atoms with E-state index in [2.05, 4.69) is 17.2 Å². The molecule has 1 aliphatic heterocycles. The number of rotatable bonds is 8. The summed E-state index contributed by atoms with van der Waals surface area (Å²) in [6, 6.07) is 14.5. The number of nitrogens with two attached hydrogens (primary N) is 1. The molecule has 170 valence electrons. The standard InChI is InChI=1S/C24H25N5O4/c1-3-20(30)27-14-16-11-12-26-24-21(23(25)31)22(28-29(16)24)15-9-10-18(19(13-15)32-2)33-17-7-5-4-6-8-17/h3-10,13,16,26H,1,11-12,14H2,2H3,(H2,25,31)(H,27,30). The van der Waals surface area contributed by atoms with Gasteiger partial charge in [-0.3, -0.25) is 9.59 Å². The predicted octanol–water partition coefficient (Wildman–Crippen LogP) is 3.11. The van der Waals surface area contributed by atoms with Gasteiger partial charge in [0.15, 0.2) is 11.5 Å². The molecule has 1 aromatic heterocycles. The van der Waals surface area contributed by atoms with Gasteiger partial charge in [-0.15, -0.1) is 0 Å². The van der Waals surface area contributed by atoms with Crippen LogP contribution in [0, 0.1) is 0 Å². The minimum absolute atomic E-state index is 0.139. The average molecular weight is 447 g/mol. The number of carbonyl (C=O) groups excluding carboxylic acids is 2. The molecule has 1 unspecified atom stereocenters. The van der Waals surface area contributed by atoms with E-state index in [0.717, 1.165) is 6.42 Å². The van der Waals surface area contributed by atoms with Crippen LogP contribution in [-0.2, 0) is 4.79 Å². The molecule has 4 rings (SSSR count). The van der Waals surface area contributed by atoms with Gasteiger partial charge < -0.3 is 25.8 Å². The van der Waals surface area contributed by atoms with Crippen molar-refractivity contribution in [2.45, 2.75) is 12.5 Å². The average Bonchev–Trinajstić information content (AvgIpc) is 3.24. The molecule has 0 saturated heterocycles. The molecule has 2 amide bonds. The van der Waals surface area contributed by atoms with E-state index < -0.39 is 5.91 Å². The molecule has 0 radical (unpaired) electrons. The normalized spacial score (nSPS) is 14.5. The van der Waals surface area contributed by atoms with Gasteiger partial charge in [0.05, 0.1) is 13.2 Å². The van der Waals surface area contributed by atoms with Gasteiger partial charge in [0, 0.05) is 18.7 Å². The Kier molecular flexibility index (Phi) is 6.30. The number of methoxy groups -OCH3 is 1. The highest BCUT2D eigenvalue weighted by atomic mass is 16.5. The number of ether oxygens (including phenoxy) is 2. The summed E-state index contributed by atoms with van der Waals surface area (Å²) in [6.07, 6.45) is 1.94. The quantitative estimate of drug-likeness (QED) is 0.457. The number of nitrogens with zero attached hydrogens (tertiary/aromatic N) is 2. The van der Waals surface area contributed by atoms with Crippen LogP contribution in [0.25, 0.3) is 11.3 Å². The molecule has 0 spiro atoms. The summed E-state index contributed by atoms with van der Waals surface area (Å²) in [5, 5.41) is 10.7. The number of carbonyl (C=O) groups is 2. The lowest BCUT2D eigenvalue weighted by Crippen LogP contribution is -2.34. The number of amides is 2. The molecule has 3 aromatic rings. The van der Waals surface area contributed by atoms with Crippen molar-refractivity contribution in [2.75, 3.05) is 25.5 Å². The lowest BCUT2D eigenvalue weighted by molar-refractivity contribution is -0.116. The van der Waals surface area contributed by atoms with Crippen molar-refractivity contribution in [2.24, 2.45) is 5.73 Å². The minimum atomic E-state index is -0.599. The molecule has 0 fully saturated rings. The first-order valence-corrected chi connectivity index (χ1v) is 10.5. The Balaban J connectivity index is 1.71. The van der Waals surface area contributed by atoms with E-state index in [4.69, 9.17) is 20.3 Å². The molecule has 2 heterocycles. The molecular formula is C24H25N5O4. The third-order valence-corrected chi connectivity index (χ3v) is 5.38. The second-order valence-corrected chi connectivity index (χ2v) is 7.48. The largest absolute Gasteiger partial charge is 0.493 e. The van der Waals surface area contributed by atoms with E-state index in [0.29, 0.717) is 47.4 Å². The van der Waals surface area contributed by atoms with Crippen LogP contribution in [0.4, 0.5) is 5.82 Å². The van der Waals surface area contributed by atoms with Gasteiger partial charge in [-0.05, 0) is 42.8 Å². The molecule has 1 aliphatic rings. The zero-order valence-corrected chi connectivity index (χ0v) is 18.2. The summed E-state index contributed by atoms with van der Waals surface area (Å²) in [4.78, 5) is 24.0. The Bertz CT molecular complexity index is 1190. The maximum absolute atomic E-state index is 12.4. The maximum Gasteiger partial charge on any atom is 0.254 e. The third-order valence-electron chi connectivity index (χ3n) is 5.38. The molecule has 1 atom stereocenters. The fourth-order valence-electron chi connectivity index (χ4n) is 3.78. The van der Waals surface area contributed by atoms with Gasteiger partial charge in [-0.2, -0.15) is 5.10 Å². The number of primary amides is 1. The SMILES string of the molecule is C=CC(=O)NCC1CCNc2c(C(N)=O)c(-c3ccc(Oc4ccccc4)c(OC)c3)nn21. The van der Waals surface area contributed by atoms with Crippen molar-refractivity contribution in [1.82, 2.24) is 15.1 Å². The van der Waals surface area contributed by atoms with Crippen LogP contribution >= 0.6 is 0 Å². The van der Waals surface area contributed by atoms with Crippen LogP contribution in [0.3, 0.4) is 0 Å². The summed E-state index contributed by atoms with van der Waals surface area (Å²) in [5.41, 5.74) is 7.11. The van der Waals surface area contributed by atoms with Gasteiger partial charge in [-0.25, -0.2) is 4.68 Å². The van der Waals surface area contributed by atoms with E-state index >= 15 is 0 Å². The first-order chi connectivity index (χ1) is 16.0. The van der Waals surface area contributed by atoms with Crippen molar-refractivity contribution in [1.29, 1.82) is 0 Å².